The van der Waals surface area contributed by atoms with E-state index in [1.807, 2.05) is 31.2 Å². The molecule has 0 radical (unpaired) electrons. The minimum Gasteiger partial charge on any atom is -0.459 e. The standard InChI is InChI=1S/C21H20N4O4/c1-14-4-6-15(7-5-14)16-13-17(23-21(28)22-16)19(26)24-8-10-25(11-9-24)20(27)18-3-2-12-29-18/h2-7,12-13H,8-11H2,1H3,(H,22,23,28). The van der Waals surface area contributed by atoms with Gasteiger partial charge in [0.1, 0.15) is 5.69 Å². The third-order valence-electron chi connectivity index (χ3n) is 4.91. The molecule has 0 bridgehead atoms. The largest absolute Gasteiger partial charge is 0.459 e. The molecule has 2 aromatic heterocycles. The summed E-state index contributed by atoms with van der Waals surface area (Å²) in [5, 5.41) is 0. The van der Waals surface area contributed by atoms with Crippen LogP contribution in [0.5, 0.6) is 0 Å². The zero-order valence-electron chi connectivity index (χ0n) is 15.9. The predicted molar refractivity (Wildman–Crippen MR) is 106 cm³/mol. The molecule has 0 unspecified atom stereocenters. The molecule has 1 N–H and O–H groups in total. The minimum absolute atomic E-state index is 0.186. The number of hydrogen-bond donors (Lipinski definition) is 1. The average molecular weight is 392 g/mol. The molecule has 1 saturated heterocycles. The van der Waals surface area contributed by atoms with Crippen LogP contribution in [0.2, 0.25) is 0 Å². The summed E-state index contributed by atoms with van der Waals surface area (Å²) in [6, 6.07) is 12.5. The number of aromatic amines is 1. The van der Waals surface area contributed by atoms with Crippen molar-refractivity contribution in [2.45, 2.75) is 6.92 Å². The van der Waals surface area contributed by atoms with Crippen LogP contribution in [-0.4, -0.2) is 57.8 Å². The highest BCUT2D eigenvalue weighted by molar-refractivity contribution is 5.94. The van der Waals surface area contributed by atoms with Crippen molar-refractivity contribution in [1.82, 2.24) is 19.8 Å². The molecule has 1 aliphatic rings. The van der Waals surface area contributed by atoms with Gasteiger partial charge in [0.15, 0.2) is 5.76 Å². The first-order chi connectivity index (χ1) is 14.0. The normalized spacial score (nSPS) is 14.1. The smallest absolute Gasteiger partial charge is 0.346 e. The van der Waals surface area contributed by atoms with E-state index in [-0.39, 0.29) is 23.3 Å². The van der Waals surface area contributed by atoms with Crippen molar-refractivity contribution in [2.24, 2.45) is 0 Å². The number of H-pyrrole nitrogens is 1. The fraction of sp³-hybridized carbons (Fsp3) is 0.238. The first-order valence-electron chi connectivity index (χ1n) is 9.32. The Balaban J connectivity index is 1.48. The number of piperazine rings is 1. The minimum atomic E-state index is -0.571. The predicted octanol–water partition coefficient (Wildman–Crippen LogP) is 1.94. The molecule has 0 aliphatic carbocycles. The Labute approximate surface area is 166 Å². The van der Waals surface area contributed by atoms with Gasteiger partial charge >= 0.3 is 5.69 Å². The summed E-state index contributed by atoms with van der Waals surface area (Å²) >= 11 is 0. The lowest BCUT2D eigenvalue weighted by Crippen LogP contribution is -2.50. The van der Waals surface area contributed by atoms with Crippen LogP contribution in [0, 0.1) is 6.92 Å². The molecule has 8 heteroatoms. The second-order valence-corrected chi connectivity index (χ2v) is 6.91. The Hall–Kier alpha value is -3.68. The molecule has 148 valence electrons. The maximum Gasteiger partial charge on any atom is 0.346 e. The molecular weight excluding hydrogens is 372 g/mol. The number of nitrogens with zero attached hydrogens (tertiary/aromatic N) is 3. The van der Waals surface area contributed by atoms with Crippen molar-refractivity contribution in [3.8, 4) is 11.3 Å². The van der Waals surface area contributed by atoms with Gasteiger partial charge in [-0.3, -0.25) is 9.59 Å². The Kier molecular flexibility index (Phi) is 4.99. The highest BCUT2D eigenvalue weighted by Gasteiger charge is 2.27. The summed E-state index contributed by atoms with van der Waals surface area (Å²) in [6.45, 7) is 3.50. The molecular formula is C21H20N4O4. The highest BCUT2D eigenvalue weighted by atomic mass is 16.3. The number of hydrogen-bond acceptors (Lipinski definition) is 5. The van der Waals surface area contributed by atoms with E-state index < -0.39 is 5.69 Å². The SMILES string of the molecule is Cc1ccc(-c2cc(C(=O)N3CCN(C(=O)c4ccco4)CC3)[nH]c(=O)n2)cc1. The second kappa shape index (κ2) is 7.75. The van der Waals surface area contributed by atoms with E-state index >= 15 is 0 Å². The molecule has 0 saturated carbocycles. The van der Waals surface area contributed by atoms with Crippen LogP contribution in [0.1, 0.15) is 26.6 Å². The highest BCUT2D eigenvalue weighted by Crippen LogP contribution is 2.18. The molecule has 3 heterocycles. The number of aromatic nitrogens is 2. The maximum atomic E-state index is 12.9. The number of carbonyl (C=O) groups is 2. The van der Waals surface area contributed by atoms with Crippen LogP contribution < -0.4 is 5.69 Å². The number of benzene rings is 1. The topological polar surface area (TPSA) is 99.5 Å². The lowest BCUT2D eigenvalue weighted by Gasteiger charge is -2.34. The third kappa shape index (κ3) is 3.96. The summed E-state index contributed by atoms with van der Waals surface area (Å²) in [5.74, 6) is -0.199. The Morgan fingerprint density at radius 1 is 1.00 bits per heavy atom. The number of nitrogens with one attached hydrogen (secondary N) is 1. The molecule has 0 atom stereocenters. The lowest BCUT2D eigenvalue weighted by atomic mass is 10.1. The van der Waals surface area contributed by atoms with Gasteiger partial charge in [0.2, 0.25) is 0 Å². The van der Waals surface area contributed by atoms with Gasteiger partial charge in [0.25, 0.3) is 11.8 Å². The van der Waals surface area contributed by atoms with Crippen LogP contribution >= 0.6 is 0 Å². The van der Waals surface area contributed by atoms with Gasteiger partial charge < -0.3 is 19.2 Å². The molecule has 1 aliphatic heterocycles. The summed E-state index contributed by atoms with van der Waals surface area (Å²) in [6.07, 6.45) is 1.46. The van der Waals surface area contributed by atoms with Crippen molar-refractivity contribution < 1.29 is 14.0 Å². The van der Waals surface area contributed by atoms with E-state index in [9.17, 15) is 14.4 Å². The maximum absolute atomic E-state index is 12.9. The van der Waals surface area contributed by atoms with Crippen molar-refractivity contribution in [2.75, 3.05) is 26.2 Å². The molecule has 0 spiro atoms. The van der Waals surface area contributed by atoms with E-state index in [2.05, 4.69) is 9.97 Å². The van der Waals surface area contributed by atoms with Gasteiger partial charge in [-0.1, -0.05) is 29.8 Å². The van der Waals surface area contributed by atoms with E-state index in [0.29, 0.717) is 31.9 Å². The monoisotopic (exact) mass is 392 g/mol. The lowest BCUT2D eigenvalue weighted by molar-refractivity contribution is 0.0515. The molecule has 4 rings (SSSR count). The second-order valence-electron chi connectivity index (χ2n) is 6.91. The van der Waals surface area contributed by atoms with Gasteiger partial charge in [-0.15, -0.1) is 0 Å². The van der Waals surface area contributed by atoms with Gasteiger partial charge in [-0.25, -0.2) is 4.79 Å². The first-order valence-corrected chi connectivity index (χ1v) is 9.32. The fourth-order valence-electron chi connectivity index (χ4n) is 3.28. The zero-order chi connectivity index (χ0) is 20.4. The van der Waals surface area contributed by atoms with Crippen LogP contribution in [-0.2, 0) is 0 Å². The molecule has 29 heavy (non-hydrogen) atoms. The van der Waals surface area contributed by atoms with E-state index in [1.54, 1.807) is 28.0 Å². The summed E-state index contributed by atoms with van der Waals surface area (Å²) in [4.78, 5) is 47.0. The molecule has 8 nitrogen and oxygen atoms in total. The third-order valence-corrected chi connectivity index (χ3v) is 4.91. The summed E-state index contributed by atoms with van der Waals surface area (Å²) < 4.78 is 5.15. The number of aryl methyl sites for hydroxylation is 1. The number of rotatable bonds is 3. The van der Waals surface area contributed by atoms with Gasteiger partial charge in [0.05, 0.1) is 12.0 Å². The number of furan rings is 1. The van der Waals surface area contributed by atoms with Crippen LogP contribution in [0.3, 0.4) is 0 Å². The van der Waals surface area contributed by atoms with Gasteiger partial charge in [-0.2, -0.15) is 4.98 Å². The zero-order valence-corrected chi connectivity index (χ0v) is 15.9. The molecule has 1 fully saturated rings. The fourth-order valence-corrected chi connectivity index (χ4v) is 3.28. The summed E-state index contributed by atoms with van der Waals surface area (Å²) in [7, 11) is 0. The van der Waals surface area contributed by atoms with Gasteiger partial charge in [-0.05, 0) is 25.1 Å². The molecule has 2 amide bonds. The van der Waals surface area contributed by atoms with Crippen molar-refractivity contribution in [3.63, 3.8) is 0 Å². The van der Waals surface area contributed by atoms with Gasteiger partial charge in [0, 0.05) is 31.7 Å². The Morgan fingerprint density at radius 2 is 1.66 bits per heavy atom. The van der Waals surface area contributed by atoms with Crippen molar-refractivity contribution >= 4 is 11.8 Å². The van der Waals surface area contributed by atoms with Crippen LogP contribution in [0.25, 0.3) is 11.3 Å². The van der Waals surface area contributed by atoms with Crippen LogP contribution in [0.4, 0.5) is 0 Å². The van der Waals surface area contributed by atoms with Crippen LogP contribution in [0.15, 0.2) is 57.9 Å². The van der Waals surface area contributed by atoms with E-state index in [0.717, 1.165) is 11.1 Å². The molecule has 3 aromatic rings. The van der Waals surface area contributed by atoms with Crippen molar-refractivity contribution in [1.29, 1.82) is 0 Å². The van der Waals surface area contributed by atoms with Crippen molar-refractivity contribution in [3.05, 3.63) is 76.2 Å². The number of amides is 2. The molecule has 1 aromatic carbocycles. The Morgan fingerprint density at radius 3 is 2.28 bits per heavy atom. The first kappa shape index (κ1) is 18.7. The number of carbonyl (C=O) groups excluding carboxylic acids is 2. The van der Waals surface area contributed by atoms with E-state index in [1.165, 1.54) is 6.26 Å². The Bertz CT molecular complexity index is 1080. The summed E-state index contributed by atoms with van der Waals surface area (Å²) in [5.41, 5.74) is 1.93. The van der Waals surface area contributed by atoms with E-state index in [4.69, 9.17) is 4.42 Å². The quantitative estimate of drug-likeness (QED) is 0.734. The average Bonchev–Trinajstić information content (AvgIpc) is 3.28.